The van der Waals surface area contributed by atoms with Crippen LogP contribution in [-0.4, -0.2) is 47.6 Å². The van der Waals surface area contributed by atoms with Crippen molar-refractivity contribution < 1.29 is 28.7 Å². The van der Waals surface area contributed by atoms with Gasteiger partial charge in [0, 0.05) is 11.4 Å². The number of imide groups is 1. The van der Waals surface area contributed by atoms with Gasteiger partial charge >= 0.3 is 0 Å². The molecule has 3 aromatic rings. The van der Waals surface area contributed by atoms with Crippen LogP contribution in [0.4, 0.5) is 16.2 Å². The third-order valence-corrected chi connectivity index (χ3v) is 6.98. The molecule has 1 saturated heterocycles. The van der Waals surface area contributed by atoms with Crippen molar-refractivity contribution in [3.8, 4) is 11.5 Å². The van der Waals surface area contributed by atoms with E-state index in [1.165, 1.54) is 0 Å². The van der Waals surface area contributed by atoms with Crippen molar-refractivity contribution in [2.75, 3.05) is 30.4 Å². The Balaban J connectivity index is 1.41. The summed E-state index contributed by atoms with van der Waals surface area (Å²) in [7, 11) is 0. The quantitative estimate of drug-likeness (QED) is 0.299. The van der Waals surface area contributed by atoms with Crippen LogP contribution in [0.3, 0.4) is 0 Å². The molecule has 3 aromatic carbocycles. The van der Waals surface area contributed by atoms with Crippen LogP contribution in [0.15, 0.2) is 65.6 Å². The van der Waals surface area contributed by atoms with Crippen molar-refractivity contribution in [2.24, 2.45) is 0 Å². The lowest BCUT2D eigenvalue weighted by Crippen LogP contribution is -2.36. The molecule has 1 aliphatic heterocycles. The number of aryl methyl sites for hydroxylation is 3. The van der Waals surface area contributed by atoms with E-state index in [-0.39, 0.29) is 17.4 Å². The van der Waals surface area contributed by atoms with E-state index in [1.807, 2.05) is 64.1 Å². The zero-order valence-electron chi connectivity index (χ0n) is 23.3. The van der Waals surface area contributed by atoms with Gasteiger partial charge < -0.3 is 20.1 Å². The number of nitrogens with one attached hydrogen (secondary N) is 2. The summed E-state index contributed by atoms with van der Waals surface area (Å²) in [5.41, 5.74) is 4.79. The number of carbonyl (C=O) groups excluding carboxylic acids is 4. The fourth-order valence-corrected chi connectivity index (χ4v) is 4.89. The van der Waals surface area contributed by atoms with Crippen molar-refractivity contribution in [3.05, 3.63) is 87.8 Å². The van der Waals surface area contributed by atoms with Crippen molar-refractivity contribution in [1.29, 1.82) is 0 Å². The highest BCUT2D eigenvalue weighted by molar-refractivity contribution is 8.18. The molecule has 0 unspecified atom stereocenters. The number of carbonyl (C=O) groups is 4. The van der Waals surface area contributed by atoms with E-state index in [0.29, 0.717) is 35.0 Å². The van der Waals surface area contributed by atoms with Gasteiger partial charge in [-0.05, 0) is 98.1 Å². The zero-order chi connectivity index (χ0) is 29.5. The number of ether oxygens (including phenoxy) is 2. The summed E-state index contributed by atoms with van der Waals surface area (Å²) in [5, 5.41) is 5.04. The molecule has 4 amide bonds. The van der Waals surface area contributed by atoms with E-state index in [1.54, 1.807) is 30.3 Å². The second-order valence-electron chi connectivity index (χ2n) is 9.48. The van der Waals surface area contributed by atoms with E-state index >= 15 is 0 Å². The van der Waals surface area contributed by atoms with Crippen LogP contribution in [0.5, 0.6) is 11.5 Å². The molecule has 0 atom stereocenters. The van der Waals surface area contributed by atoms with Crippen LogP contribution >= 0.6 is 11.8 Å². The number of nitrogens with zero attached hydrogens (tertiary/aromatic N) is 1. The Morgan fingerprint density at radius 1 is 0.878 bits per heavy atom. The van der Waals surface area contributed by atoms with E-state index in [2.05, 4.69) is 10.6 Å². The normalized spacial score (nSPS) is 13.9. The molecule has 0 saturated carbocycles. The SMILES string of the molecule is CCOc1cc(/C=C2/SC(=O)N(CC(=O)Nc3cc(C)ccc3C)C2=O)ccc1OCC(=O)Nc1cccc(C)c1. The highest BCUT2D eigenvalue weighted by Crippen LogP contribution is 2.35. The Hall–Kier alpha value is -4.57. The third kappa shape index (κ3) is 7.76. The first-order valence-corrected chi connectivity index (χ1v) is 13.8. The number of amides is 4. The van der Waals surface area contributed by atoms with Gasteiger partial charge in [0.2, 0.25) is 5.91 Å². The monoisotopic (exact) mass is 573 g/mol. The van der Waals surface area contributed by atoms with Gasteiger partial charge in [-0.2, -0.15) is 0 Å². The Labute approximate surface area is 242 Å². The van der Waals surface area contributed by atoms with Crippen LogP contribution < -0.4 is 20.1 Å². The van der Waals surface area contributed by atoms with E-state index in [9.17, 15) is 19.2 Å². The molecule has 1 aliphatic rings. The zero-order valence-corrected chi connectivity index (χ0v) is 24.1. The van der Waals surface area contributed by atoms with Gasteiger partial charge in [-0.15, -0.1) is 0 Å². The summed E-state index contributed by atoms with van der Waals surface area (Å²) >= 11 is 0.763. The van der Waals surface area contributed by atoms with Gasteiger partial charge in [0.25, 0.3) is 17.1 Å². The number of anilines is 2. The molecule has 0 bridgehead atoms. The third-order valence-electron chi connectivity index (χ3n) is 6.07. The molecular weight excluding hydrogens is 542 g/mol. The summed E-state index contributed by atoms with van der Waals surface area (Å²) < 4.78 is 11.4. The lowest BCUT2D eigenvalue weighted by Gasteiger charge is -2.14. The molecule has 0 aromatic heterocycles. The van der Waals surface area contributed by atoms with Gasteiger partial charge in [0.15, 0.2) is 18.1 Å². The fourth-order valence-electron chi connectivity index (χ4n) is 4.06. The highest BCUT2D eigenvalue weighted by atomic mass is 32.2. The molecule has 0 spiro atoms. The van der Waals surface area contributed by atoms with E-state index in [4.69, 9.17) is 9.47 Å². The maximum absolute atomic E-state index is 13.0. The standard InChI is InChI=1S/C31H31N3O6S/c1-5-39-26-15-22(11-12-25(26)40-18-29(36)32-23-8-6-7-19(2)13-23)16-27-30(37)34(31(38)41-27)17-28(35)33-24-14-20(3)9-10-21(24)4/h6-16H,5,17-18H2,1-4H3,(H,32,36)(H,33,35)/b27-16+. The summed E-state index contributed by atoms with van der Waals surface area (Å²) in [5.74, 6) is -0.593. The van der Waals surface area contributed by atoms with Gasteiger partial charge in [0.05, 0.1) is 11.5 Å². The number of thioether (sulfide) groups is 1. The van der Waals surface area contributed by atoms with Crippen LogP contribution in [0, 0.1) is 20.8 Å². The first-order chi connectivity index (χ1) is 19.6. The van der Waals surface area contributed by atoms with Crippen LogP contribution in [0.1, 0.15) is 29.2 Å². The molecule has 1 fully saturated rings. The molecule has 0 aliphatic carbocycles. The molecule has 4 rings (SSSR count). The van der Waals surface area contributed by atoms with E-state index in [0.717, 1.165) is 33.4 Å². The number of hydrogen-bond acceptors (Lipinski definition) is 7. The Bertz CT molecular complexity index is 1530. The van der Waals surface area contributed by atoms with Crippen molar-refractivity contribution in [2.45, 2.75) is 27.7 Å². The van der Waals surface area contributed by atoms with Crippen LogP contribution in [0.2, 0.25) is 0 Å². The largest absolute Gasteiger partial charge is 0.490 e. The number of hydrogen-bond donors (Lipinski definition) is 2. The van der Waals surface area contributed by atoms with Gasteiger partial charge in [0.1, 0.15) is 6.54 Å². The highest BCUT2D eigenvalue weighted by Gasteiger charge is 2.36. The summed E-state index contributed by atoms with van der Waals surface area (Å²) in [6.07, 6.45) is 1.56. The first-order valence-electron chi connectivity index (χ1n) is 13.0. The van der Waals surface area contributed by atoms with Crippen LogP contribution in [-0.2, 0) is 14.4 Å². The lowest BCUT2D eigenvalue weighted by atomic mass is 10.1. The van der Waals surface area contributed by atoms with Gasteiger partial charge in [-0.3, -0.25) is 24.1 Å². The van der Waals surface area contributed by atoms with Crippen molar-refractivity contribution in [1.82, 2.24) is 4.90 Å². The predicted molar refractivity (Wildman–Crippen MR) is 160 cm³/mol. The molecule has 212 valence electrons. The lowest BCUT2D eigenvalue weighted by molar-refractivity contribution is -0.127. The molecule has 41 heavy (non-hydrogen) atoms. The number of benzene rings is 3. The topological polar surface area (TPSA) is 114 Å². The van der Waals surface area contributed by atoms with Crippen molar-refractivity contribution in [3.63, 3.8) is 0 Å². The second-order valence-corrected chi connectivity index (χ2v) is 10.5. The summed E-state index contributed by atoms with van der Waals surface area (Å²) in [4.78, 5) is 51.7. The molecule has 2 N–H and O–H groups in total. The minimum absolute atomic E-state index is 0.184. The maximum atomic E-state index is 13.0. The summed E-state index contributed by atoms with van der Waals surface area (Å²) in [6, 6.07) is 18.1. The molecule has 0 radical (unpaired) electrons. The van der Waals surface area contributed by atoms with Gasteiger partial charge in [-0.1, -0.05) is 30.3 Å². The van der Waals surface area contributed by atoms with Crippen LogP contribution in [0.25, 0.3) is 6.08 Å². The molecule has 1 heterocycles. The molecular formula is C31H31N3O6S. The Morgan fingerprint density at radius 2 is 1.66 bits per heavy atom. The fraction of sp³-hybridized carbons (Fsp3) is 0.226. The average Bonchev–Trinajstić information content (AvgIpc) is 3.17. The Kier molecular flexibility index (Phi) is 9.46. The second kappa shape index (κ2) is 13.2. The predicted octanol–water partition coefficient (Wildman–Crippen LogP) is 5.70. The summed E-state index contributed by atoms with van der Waals surface area (Å²) in [6.45, 7) is 7.26. The number of rotatable bonds is 10. The smallest absolute Gasteiger partial charge is 0.294 e. The maximum Gasteiger partial charge on any atom is 0.294 e. The first kappa shape index (κ1) is 29.4. The Morgan fingerprint density at radius 3 is 2.41 bits per heavy atom. The molecule has 9 nitrogen and oxygen atoms in total. The van der Waals surface area contributed by atoms with E-state index < -0.39 is 23.6 Å². The minimum Gasteiger partial charge on any atom is -0.490 e. The minimum atomic E-state index is -0.553. The van der Waals surface area contributed by atoms with Gasteiger partial charge in [-0.25, -0.2) is 0 Å². The average molecular weight is 574 g/mol. The molecule has 10 heteroatoms. The van der Waals surface area contributed by atoms with Crippen molar-refractivity contribution >= 4 is 52.2 Å².